The van der Waals surface area contributed by atoms with Gasteiger partial charge in [0.15, 0.2) is 0 Å². The Labute approximate surface area is 108 Å². The third kappa shape index (κ3) is 4.52. The van der Waals surface area contributed by atoms with E-state index < -0.39 is 5.97 Å². The standard InChI is InChI=1S/C12H23N3O3/c1-3-9(8-11(16)17)14-12(18)15(2)10-4-6-13-7-5-10/h9-10,13H,3-8H2,1-2H3,(H,14,18)(H,16,17). The molecule has 104 valence electrons. The molecular weight excluding hydrogens is 234 g/mol. The van der Waals surface area contributed by atoms with Crippen LogP contribution in [0.1, 0.15) is 32.6 Å². The molecule has 0 aromatic heterocycles. The first-order valence-corrected chi connectivity index (χ1v) is 6.50. The molecule has 1 atom stereocenters. The zero-order chi connectivity index (χ0) is 13.5. The van der Waals surface area contributed by atoms with Crippen molar-refractivity contribution < 1.29 is 14.7 Å². The maximum atomic E-state index is 12.0. The number of hydrogen-bond donors (Lipinski definition) is 3. The molecule has 1 aliphatic heterocycles. The van der Waals surface area contributed by atoms with Crippen LogP contribution in [0.4, 0.5) is 4.79 Å². The Morgan fingerprint density at radius 3 is 2.56 bits per heavy atom. The largest absolute Gasteiger partial charge is 0.481 e. The van der Waals surface area contributed by atoms with Crippen molar-refractivity contribution in [2.45, 2.75) is 44.7 Å². The summed E-state index contributed by atoms with van der Waals surface area (Å²) in [6.07, 6.45) is 2.49. The molecule has 2 amide bonds. The Hall–Kier alpha value is -1.30. The molecule has 0 spiro atoms. The monoisotopic (exact) mass is 257 g/mol. The zero-order valence-electron chi connectivity index (χ0n) is 11.1. The Balaban J connectivity index is 2.44. The summed E-state index contributed by atoms with van der Waals surface area (Å²) in [5.41, 5.74) is 0. The van der Waals surface area contributed by atoms with E-state index in [2.05, 4.69) is 10.6 Å². The number of hydrogen-bond acceptors (Lipinski definition) is 3. The van der Waals surface area contributed by atoms with E-state index in [1.54, 1.807) is 11.9 Å². The van der Waals surface area contributed by atoms with E-state index in [-0.39, 0.29) is 24.5 Å². The summed E-state index contributed by atoms with van der Waals surface area (Å²) in [6, 6.07) is -0.220. The van der Waals surface area contributed by atoms with E-state index in [9.17, 15) is 9.59 Å². The summed E-state index contributed by atoms with van der Waals surface area (Å²) in [5, 5.41) is 14.8. The third-order valence-electron chi connectivity index (χ3n) is 3.42. The van der Waals surface area contributed by atoms with Crippen LogP contribution < -0.4 is 10.6 Å². The van der Waals surface area contributed by atoms with Gasteiger partial charge in [0.2, 0.25) is 0 Å². The highest BCUT2D eigenvalue weighted by molar-refractivity contribution is 5.76. The predicted molar refractivity (Wildman–Crippen MR) is 68.5 cm³/mol. The second kappa shape index (κ2) is 7.20. The summed E-state index contributed by atoms with van der Waals surface area (Å²) in [6.45, 7) is 3.72. The van der Waals surface area contributed by atoms with Gasteiger partial charge in [-0.25, -0.2) is 4.79 Å². The minimum Gasteiger partial charge on any atom is -0.481 e. The van der Waals surface area contributed by atoms with Crippen LogP contribution in [0.2, 0.25) is 0 Å². The van der Waals surface area contributed by atoms with Crippen LogP contribution in [-0.4, -0.2) is 54.2 Å². The number of amides is 2. The molecule has 1 unspecified atom stereocenters. The Kier molecular flexibility index (Phi) is 5.91. The Morgan fingerprint density at radius 2 is 2.06 bits per heavy atom. The number of rotatable bonds is 5. The quantitative estimate of drug-likeness (QED) is 0.675. The molecule has 18 heavy (non-hydrogen) atoms. The molecule has 1 aliphatic rings. The molecule has 0 bridgehead atoms. The van der Waals surface area contributed by atoms with Gasteiger partial charge in [-0.15, -0.1) is 0 Å². The molecule has 0 aromatic rings. The lowest BCUT2D eigenvalue weighted by Gasteiger charge is -2.32. The van der Waals surface area contributed by atoms with Crippen LogP contribution in [-0.2, 0) is 4.79 Å². The maximum absolute atomic E-state index is 12.0. The topological polar surface area (TPSA) is 81.7 Å². The van der Waals surface area contributed by atoms with E-state index in [1.165, 1.54) is 0 Å². The molecule has 6 nitrogen and oxygen atoms in total. The molecule has 1 fully saturated rings. The second-order valence-electron chi connectivity index (χ2n) is 4.74. The van der Waals surface area contributed by atoms with Gasteiger partial charge in [-0.3, -0.25) is 4.79 Å². The zero-order valence-corrected chi connectivity index (χ0v) is 11.1. The highest BCUT2D eigenvalue weighted by Gasteiger charge is 2.23. The molecular formula is C12H23N3O3. The molecule has 1 saturated heterocycles. The van der Waals surface area contributed by atoms with Crippen molar-refractivity contribution >= 4 is 12.0 Å². The highest BCUT2D eigenvalue weighted by atomic mass is 16.4. The fraction of sp³-hybridized carbons (Fsp3) is 0.833. The molecule has 0 aliphatic carbocycles. The summed E-state index contributed by atoms with van der Waals surface area (Å²) in [5.74, 6) is -0.883. The van der Waals surface area contributed by atoms with Crippen molar-refractivity contribution in [3.63, 3.8) is 0 Å². The summed E-state index contributed by atoms with van der Waals surface area (Å²) in [7, 11) is 1.78. The first-order valence-electron chi connectivity index (χ1n) is 6.50. The van der Waals surface area contributed by atoms with Gasteiger partial charge >= 0.3 is 12.0 Å². The molecule has 0 aromatic carbocycles. The van der Waals surface area contributed by atoms with E-state index >= 15 is 0 Å². The van der Waals surface area contributed by atoms with E-state index in [1.807, 2.05) is 6.92 Å². The Bertz CT molecular complexity index is 290. The molecule has 1 heterocycles. The maximum Gasteiger partial charge on any atom is 0.317 e. The van der Waals surface area contributed by atoms with Crippen LogP contribution >= 0.6 is 0 Å². The number of nitrogens with zero attached hydrogens (tertiary/aromatic N) is 1. The van der Waals surface area contributed by atoms with Gasteiger partial charge < -0.3 is 20.6 Å². The van der Waals surface area contributed by atoms with Crippen molar-refractivity contribution in [1.82, 2.24) is 15.5 Å². The normalized spacial score (nSPS) is 18.1. The van der Waals surface area contributed by atoms with Crippen molar-refractivity contribution in [2.24, 2.45) is 0 Å². The number of carbonyl (C=O) groups is 2. The Morgan fingerprint density at radius 1 is 1.44 bits per heavy atom. The molecule has 0 radical (unpaired) electrons. The van der Waals surface area contributed by atoms with Crippen molar-refractivity contribution in [3.8, 4) is 0 Å². The van der Waals surface area contributed by atoms with E-state index in [0.717, 1.165) is 25.9 Å². The van der Waals surface area contributed by atoms with Crippen LogP contribution in [0.25, 0.3) is 0 Å². The summed E-state index contributed by atoms with van der Waals surface area (Å²) >= 11 is 0. The fourth-order valence-electron chi connectivity index (χ4n) is 2.14. The lowest BCUT2D eigenvalue weighted by atomic mass is 10.1. The molecule has 0 saturated carbocycles. The van der Waals surface area contributed by atoms with Gasteiger partial charge in [0, 0.05) is 19.1 Å². The smallest absolute Gasteiger partial charge is 0.317 e. The number of carbonyl (C=O) groups excluding carboxylic acids is 1. The van der Waals surface area contributed by atoms with E-state index in [4.69, 9.17) is 5.11 Å². The number of nitrogens with one attached hydrogen (secondary N) is 2. The van der Waals surface area contributed by atoms with Gasteiger partial charge in [0.25, 0.3) is 0 Å². The van der Waals surface area contributed by atoms with Gasteiger partial charge in [0.05, 0.1) is 6.42 Å². The predicted octanol–water partition coefficient (Wildman–Crippen LogP) is 0.633. The second-order valence-corrected chi connectivity index (χ2v) is 4.74. The van der Waals surface area contributed by atoms with Gasteiger partial charge in [-0.05, 0) is 32.4 Å². The summed E-state index contributed by atoms with van der Waals surface area (Å²) in [4.78, 5) is 24.3. The number of aliphatic carboxylic acids is 1. The lowest BCUT2D eigenvalue weighted by molar-refractivity contribution is -0.137. The van der Waals surface area contributed by atoms with Gasteiger partial charge in [-0.1, -0.05) is 6.92 Å². The number of urea groups is 1. The van der Waals surface area contributed by atoms with Gasteiger partial charge in [-0.2, -0.15) is 0 Å². The highest BCUT2D eigenvalue weighted by Crippen LogP contribution is 2.10. The average Bonchev–Trinajstić information content (AvgIpc) is 2.37. The first-order chi connectivity index (χ1) is 8.54. The van der Waals surface area contributed by atoms with Crippen molar-refractivity contribution in [3.05, 3.63) is 0 Å². The third-order valence-corrected chi connectivity index (χ3v) is 3.42. The minimum absolute atomic E-state index is 0.0255. The van der Waals surface area contributed by atoms with Crippen LogP contribution in [0.3, 0.4) is 0 Å². The molecule has 6 heteroatoms. The molecule has 3 N–H and O–H groups in total. The van der Waals surface area contributed by atoms with E-state index in [0.29, 0.717) is 6.42 Å². The number of carboxylic acids is 1. The fourth-order valence-corrected chi connectivity index (χ4v) is 2.14. The summed E-state index contributed by atoms with van der Waals surface area (Å²) < 4.78 is 0. The SMILES string of the molecule is CCC(CC(=O)O)NC(=O)N(C)C1CCNCC1. The first kappa shape index (κ1) is 14.8. The number of piperidine rings is 1. The van der Waals surface area contributed by atoms with Crippen LogP contribution in [0.5, 0.6) is 0 Å². The average molecular weight is 257 g/mol. The van der Waals surface area contributed by atoms with Crippen LogP contribution in [0.15, 0.2) is 0 Å². The lowest BCUT2D eigenvalue weighted by Crippen LogP contribution is -2.50. The molecule has 1 rings (SSSR count). The van der Waals surface area contributed by atoms with Crippen molar-refractivity contribution in [2.75, 3.05) is 20.1 Å². The van der Waals surface area contributed by atoms with Gasteiger partial charge in [0.1, 0.15) is 0 Å². The minimum atomic E-state index is -0.883. The number of carboxylic acid groups (broad SMARTS) is 1. The van der Waals surface area contributed by atoms with Crippen molar-refractivity contribution in [1.29, 1.82) is 0 Å². The van der Waals surface area contributed by atoms with Crippen LogP contribution in [0, 0.1) is 0 Å².